The van der Waals surface area contributed by atoms with Gasteiger partial charge in [0.25, 0.3) is 0 Å². The van der Waals surface area contributed by atoms with Crippen molar-refractivity contribution >= 4 is 23.2 Å². The summed E-state index contributed by atoms with van der Waals surface area (Å²) in [6, 6.07) is 16.5. The highest BCUT2D eigenvalue weighted by Crippen LogP contribution is 2.28. The van der Waals surface area contributed by atoms with Crippen LogP contribution in [0.1, 0.15) is 54.1 Å². The monoisotopic (exact) mass is 494 g/mol. The van der Waals surface area contributed by atoms with Gasteiger partial charge in [0.05, 0.1) is 13.5 Å². The highest BCUT2D eigenvalue weighted by atomic mass is 32.1. The number of methoxy groups -OCH3 is 1. The lowest BCUT2D eigenvalue weighted by atomic mass is 9.94. The summed E-state index contributed by atoms with van der Waals surface area (Å²) in [6.45, 7) is 0.194. The largest absolute Gasteiger partial charge is 0.497 e. The Kier molecular flexibility index (Phi) is 8.53. The molecule has 1 fully saturated rings. The number of halogens is 1. The van der Waals surface area contributed by atoms with Crippen molar-refractivity contribution in [2.75, 3.05) is 7.11 Å². The Morgan fingerprint density at radius 3 is 2.40 bits per heavy atom. The molecule has 0 spiro atoms. The average molecular weight is 495 g/mol. The maximum Gasteiger partial charge on any atom is 0.247 e. The van der Waals surface area contributed by atoms with Crippen molar-refractivity contribution in [3.63, 3.8) is 0 Å². The average Bonchev–Trinajstić information content (AvgIpc) is 3.39. The topological polar surface area (TPSA) is 58.6 Å². The summed E-state index contributed by atoms with van der Waals surface area (Å²) in [5, 5.41) is 5.15. The summed E-state index contributed by atoms with van der Waals surface area (Å²) < 4.78 is 18.9. The smallest absolute Gasteiger partial charge is 0.247 e. The van der Waals surface area contributed by atoms with E-state index in [1.807, 2.05) is 29.6 Å². The third-order valence-electron chi connectivity index (χ3n) is 6.44. The van der Waals surface area contributed by atoms with Crippen LogP contribution < -0.4 is 10.1 Å². The van der Waals surface area contributed by atoms with Crippen LogP contribution in [0.2, 0.25) is 0 Å². The number of hydrogen-bond acceptors (Lipinski definition) is 4. The van der Waals surface area contributed by atoms with Gasteiger partial charge >= 0.3 is 0 Å². The lowest BCUT2D eigenvalue weighted by Crippen LogP contribution is -2.47. The molecule has 0 unspecified atom stereocenters. The fourth-order valence-corrected chi connectivity index (χ4v) is 5.26. The fourth-order valence-electron chi connectivity index (χ4n) is 4.56. The molecule has 1 aromatic heterocycles. The molecule has 2 amide bonds. The normalized spacial score (nSPS) is 14.8. The molecule has 2 aromatic carbocycles. The number of amides is 2. The first-order valence-electron chi connectivity index (χ1n) is 12.0. The van der Waals surface area contributed by atoms with Gasteiger partial charge in [0.15, 0.2) is 0 Å². The summed E-state index contributed by atoms with van der Waals surface area (Å²) in [7, 11) is 1.59. The number of nitrogens with zero attached hydrogens (tertiary/aromatic N) is 1. The fraction of sp³-hybridized carbons (Fsp3) is 0.357. The number of carbonyl (C=O) groups excluding carboxylic acids is 2. The Bertz CT molecular complexity index is 1090. The minimum absolute atomic E-state index is 0.108. The molecule has 3 aromatic rings. The number of carbonyl (C=O) groups is 2. The molecule has 0 aliphatic heterocycles. The molecule has 0 saturated heterocycles. The van der Waals surface area contributed by atoms with Crippen molar-refractivity contribution in [3.05, 3.63) is 87.9 Å². The van der Waals surface area contributed by atoms with Crippen LogP contribution >= 0.6 is 11.3 Å². The van der Waals surface area contributed by atoms with Crippen LogP contribution in [0.5, 0.6) is 5.75 Å². The van der Waals surface area contributed by atoms with Gasteiger partial charge in [-0.05, 0) is 59.7 Å². The van der Waals surface area contributed by atoms with Crippen LogP contribution in [-0.4, -0.2) is 29.9 Å². The Hall–Kier alpha value is -3.19. The van der Waals surface area contributed by atoms with Crippen LogP contribution in [-0.2, 0) is 22.6 Å². The van der Waals surface area contributed by atoms with Gasteiger partial charge in [0.1, 0.15) is 17.6 Å². The lowest BCUT2D eigenvalue weighted by Gasteiger charge is -2.33. The van der Waals surface area contributed by atoms with Gasteiger partial charge in [-0.15, -0.1) is 11.3 Å². The lowest BCUT2D eigenvalue weighted by molar-refractivity contribution is -0.141. The minimum atomic E-state index is -0.819. The molecule has 35 heavy (non-hydrogen) atoms. The van der Waals surface area contributed by atoms with E-state index in [9.17, 15) is 14.0 Å². The first-order valence-corrected chi connectivity index (χ1v) is 12.9. The second kappa shape index (κ2) is 12.0. The van der Waals surface area contributed by atoms with E-state index in [-0.39, 0.29) is 36.6 Å². The second-order valence-corrected chi connectivity index (χ2v) is 9.96. The zero-order valence-corrected chi connectivity index (χ0v) is 20.7. The van der Waals surface area contributed by atoms with Crippen molar-refractivity contribution in [2.24, 2.45) is 0 Å². The van der Waals surface area contributed by atoms with Crippen molar-refractivity contribution in [2.45, 2.75) is 57.2 Å². The first kappa shape index (κ1) is 24.9. The van der Waals surface area contributed by atoms with Crippen LogP contribution in [0.4, 0.5) is 4.39 Å². The Labute approximate surface area is 209 Å². The summed E-state index contributed by atoms with van der Waals surface area (Å²) in [5.74, 6) is -0.0118. The van der Waals surface area contributed by atoms with E-state index in [1.54, 1.807) is 36.3 Å². The molecule has 184 valence electrons. The Morgan fingerprint density at radius 2 is 1.77 bits per heavy atom. The first-order chi connectivity index (χ1) is 17.0. The van der Waals surface area contributed by atoms with Gasteiger partial charge in [-0.1, -0.05) is 49.6 Å². The summed E-state index contributed by atoms with van der Waals surface area (Å²) in [5.41, 5.74) is 1.47. The van der Waals surface area contributed by atoms with Gasteiger partial charge < -0.3 is 15.0 Å². The summed E-state index contributed by atoms with van der Waals surface area (Å²) in [6.07, 6.45) is 5.46. The van der Waals surface area contributed by atoms with Gasteiger partial charge in [-0.25, -0.2) is 4.39 Å². The number of benzene rings is 2. The van der Waals surface area contributed by atoms with E-state index in [1.165, 1.54) is 29.9 Å². The van der Waals surface area contributed by atoms with E-state index < -0.39 is 6.04 Å². The third-order valence-corrected chi connectivity index (χ3v) is 7.31. The van der Waals surface area contributed by atoms with Crippen molar-refractivity contribution in [1.29, 1.82) is 0 Å². The van der Waals surface area contributed by atoms with Gasteiger partial charge in [-0.3, -0.25) is 9.59 Å². The van der Waals surface area contributed by atoms with Crippen molar-refractivity contribution in [3.8, 4) is 5.75 Å². The van der Waals surface area contributed by atoms with E-state index in [4.69, 9.17) is 4.74 Å². The number of thiophene rings is 1. The molecule has 4 rings (SSSR count). The van der Waals surface area contributed by atoms with Gasteiger partial charge in [-0.2, -0.15) is 0 Å². The van der Waals surface area contributed by atoms with Gasteiger partial charge in [0, 0.05) is 17.5 Å². The highest BCUT2D eigenvalue weighted by molar-refractivity contribution is 7.10. The molecule has 1 saturated carbocycles. The maximum atomic E-state index is 13.8. The molecule has 1 aliphatic carbocycles. The van der Waals surface area contributed by atoms with Crippen molar-refractivity contribution in [1.82, 2.24) is 10.2 Å². The van der Waals surface area contributed by atoms with E-state index in [0.29, 0.717) is 11.3 Å². The molecule has 0 radical (unpaired) electrons. The van der Waals surface area contributed by atoms with Crippen LogP contribution in [0, 0.1) is 5.82 Å². The van der Waals surface area contributed by atoms with E-state index in [2.05, 4.69) is 5.32 Å². The SMILES string of the molecule is COc1ccc([C@@H](C(=O)NC2CCCCC2)N(Cc2ccc(F)cc2)C(=O)Cc2cccs2)cc1. The molecule has 5 nitrogen and oxygen atoms in total. The molecular formula is C28H31FN2O3S. The van der Waals surface area contributed by atoms with Crippen LogP contribution in [0.3, 0.4) is 0 Å². The van der Waals surface area contributed by atoms with E-state index in [0.717, 1.165) is 36.1 Å². The maximum absolute atomic E-state index is 13.8. The third kappa shape index (κ3) is 6.69. The number of ether oxygens (including phenoxy) is 1. The van der Waals surface area contributed by atoms with Crippen LogP contribution in [0.25, 0.3) is 0 Å². The molecule has 1 aliphatic rings. The molecule has 7 heteroatoms. The molecule has 1 atom stereocenters. The number of hydrogen-bond donors (Lipinski definition) is 1. The summed E-state index contributed by atoms with van der Waals surface area (Å²) >= 11 is 1.51. The molecular weight excluding hydrogens is 463 g/mol. The van der Waals surface area contributed by atoms with Crippen molar-refractivity contribution < 1.29 is 18.7 Å². The predicted octanol–water partition coefficient (Wildman–Crippen LogP) is 5.66. The van der Waals surface area contributed by atoms with E-state index >= 15 is 0 Å². The molecule has 1 N–H and O–H groups in total. The number of nitrogens with one attached hydrogen (secondary N) is 1. The second-order valence-electron chi connectivity index (χ2n) is 8.92. The van der Waals surface area contributed by atoms with Gasteiger partial charge in [0.2, 0.25) is 11.8 Å². The Morgan fingerprint density at radius 1 is 1.06 bits per heavy atom. The molecule has 0 bridgehead atoms. The highest BCUT2D eigenvalue weighted by Gasteiger charge is 2.33. The quantitative estimate of drug-likeness (QED) is 0.418. The number of rotatable bonds is 9. The minimum Gasteiger partial charge on any atom is -0.497 e. The summed E-state index contributed by atoms with van der Waals surface area (Å²) in [4.78, 5) is 30.0. The van der Waals surface area contributed by atoms with Crippen LogP contribution in [0.15, 0.2) is 66.0 Å². The Balaban J connectivity index is 1.69. The zero-order valence-electron chi connectivity index (χ0n) is 19.9. The zero-order chi connectivity index (χ0) is 24.6. The predicted molar refractivity (Wildman–Crippen MR) is 136 cm³/mol. The standard InChI is InChI=1S/C28H31FN2O3S/c1-34-24-15-11-21(12-16-24)27(28(33)30-23-6-3-2-4-7-23)31(19-20-9-13-22(29)14-10-20)26(32)18-25-8-5-17-35-25/h5,8-17,23,27H,2-4,6-7,18-19H2,1H3,(H,30,33)/t27-/m0/s1. The molecule has 1 heterocycles.